The van der Waals surface area contributed by atoms with Crippen LogP contribution >= 0.6 is 11.3 Å². The van der Waals surface area contributed by atoms with E-state index in [4.69, 9.17) is 14.5 Å². The summed E-state index contributed by atoms with van der Waals surface area (Å²) in [5.74, 6) is 0.342. The number of aromatic nitrogens is 1. The van der Waals surface area contributed by atoms with Crippen molar-refractivity contribution < 1.29 is 22.7 Å². The molecule has 0 saturated carbocycles. The van der Waals surface area contributed by atoms with Crippen LogP contribution in [-0.2, 0) is 14.6 Å². The Bertz CT molecular complexity index is 1280. The zero-order valence-electron chi connectivity index (χ0n) is 19.2. The topological polar surface area (TPSA) is 85.8 Å². The van der Waals surface area contributed by atoms with E-state index in [1.165, 1.54) is 23.5 Å². The van der Waals surface area contributed by atoms with E-state index in [2.05, 4.69) is 0 Å². The maximum atomic E-state index is 13.7. The first kappa shape index (κ1) is 23.7. The van der Waals surface area contributed by atoms with E-state index in [1.807, 2.05) is 19.1 Å². The van der Waals surface area contributed by atoms with Gasteiger partial charge < -0.3 is 9.47 Å². The Balaban J connectivity index is 1.78. The first-order valence-electron chi connectivity index (χ1n) is 10.9. The van der Waals surface area contributed by atoms with E-state index >= 15 is 0 Å². The zero-order chi connectivity index (χ0) is 23.8. The maximum absolute atomic E-state index is 13.7. The van der Waals surface area contributed by atoms with Crippen molar-refractivity contribution in [2.75, 3.05) is 25.2 Å². The van der Waals surface area contributed by atoms with Gasteiger partial charge in [-0.1, -0.05) is 23.5 Å². The number of amides is 1. The molecule has 1 fully saturated rings. The molecule has 1 saturated heterocycles. The van der Waals surface area contributed by atoms with Crippen molar-refractivity contribution in [3.63, 3.8) is 0 Å². The highest BCUT2D eigenvalue weighted by atomic mass is 32.2. The third-order valence-electron chi connectivity index (χ3n) is 5.83. The molecule has 7 nitrogen and oxygen atoms in total. The fraction of sp³-hybridized carbons (Fsp3) is 0.417. The van der Waals surface area contributed by atoms with Crippen LogP contribution in [0.15, 0.2) is 41.3 Å². The summed E-state index contributed by atoms with van der Waals surface area (Å²) in [6, 6.07) is 10.1. The molecule has 1 aliphatic heterocycles. The minimum atomic E-state index is -3.51. The predicted octanol–water partition coefficient (Wildman–Crippen LogP) is 4.62. The van der Waals surface area contributed by atoms with Crippen LogP contribution in [0, 0.1) is 6.92 Å². The molecule has 176 valence electrons. The van der Waals surface area contributed by atoms with Gasteiger partial charge in [0.15, 0.2) is 15.0 Å². The summed E-state index contributed by atoms with van der Waals surface area (Å²) in [4.78, 5) is 20.2. The number of methoxy groups -OCH3 is 1. The highest BCUT2D eigenvalue weighted by Gasteiger charge is 2.29. The smallest absolute Gasteiger partial charge is 0.260 e. The second-order valence-corrected chi connectivity index (χ2v) is 11.9. The van der Waals surface area contributed by atoms with Gasteiger partial charge in [-0.3, -0.25) is 9.69 Å². The molecule has 2 aromatic carbocycles. The number of benzene rings is 2. The molecule has 0 aliphatic carbocycles. The summed E-state index contributed by atoms with van der Waals surface area (Å²) in [5, 5.41) is -0.0410. The van der Waals surface area contributed by atoms with Crippen molar-refractivity contribution in [3.8, 4) is 5.75 Å². The van der Waals surface area contributed by atoms with Gasteiger partial charge in [0, 0.05) is 12.2 Å². The lowest BCUT2D eigenvalue weighted by Gasteiger charge is -2.23. The zero-order valence-corrected chi connectivity index (χ0v) is 20.8. The maximum Gasteiger partial charge on any atom is 0.260 e. The molecule has 1 atom stereocenters. The normalized spacial score (nSPS) is 16.5. The van der Waals surface area contributed by atoms with Crippen molar-refractivity contribution in [3.05, 3.63) is 47.5 Å². The highest BCUT2D eigenvalue weighted by molar-refractivity contribution is 7.92. The van der Waals surface area contributed by atoms with Gasteiger partial charge in [-0.2, -0.15) is 0 Å². The number of rotatable bonds is 7. The molecule has 0 bridgehead atoms. The van der Waals surface area contributed by atoms with E-state index in [9.17, 15) is 13.2 Å². The summed E-state index contributed by atoms with van der Waals surface area (Å²) in [6.45, 7) is 6.27. The van der Waals surface area contributed by atoms with Gasteiger partial charge in [-0.15, -0.1) is 0 Å². The molecule has 0 N–H and O–H groups in total. The largest absolute Gasteiger partial charge is 0.494 e. The molecule has 0 spiro atoms. The molecule has 9 heteroatoms. The Morgan fingerprint density at radius 3 is 2.76 bits per heavy atom. The van der Waals surface area contributed by atoms with Gasteiger partial charge in [0.25, 0.3) is 5.91 Å². The second kappa shape index (κ2) is 9.40. The van der Waals surface area contributed by atoms with Gasteiger partial charge in [0.1, 0.15) is 11.3 Å². The minimum absolute atomic E-state index is 0.0912. The van der Waals surface area contributed by atoms with Crippen molar-refractivity contribution in [2.45, 2.75) is 49.9 Å². The lowest BCUT2D eigenvalue weighted by molar-refractivity contribution is 0.0917. The number of aryl methyl sites for hydroxylation is 1. The quantitative estimate of drug-likeness (QED) is 0.482. The molecule has 1 aromatic heterocycles. The Kier molecular flexibility index (Phi) is 6.74. The number of thiazole rings is 1. The fourth-order valence-electron chi connectivity index (χ4n) is 3.85. The minimum Gasteiger partial charge on any atom is -0.494 e. The average Bonchev–Trinajstić information content (AvgIpc) is 3.48. The Morgan fingerprint density at radius 2 is 2.09 bits per heavy atom. The molecule has 3 aromatic rings. The van der Waals surface area contributed by atoms with Gasteiger partial charge in [-0.05, 0) is 63.4 Å². The predicted molar refractivity (Wildman–Crippen MR) is 130 cm³/mol. The van der Waals surface area contributed by atoms with Crippen LogP contribution in [-0.4, -0.2) is 50.9 Å². The van der Waals surface area contributed by atoms with E-state index in [1.54, 1.807) is 38.0 Å². The van der Waals surface area contributed by atoms with Gasteiger partial charge in [0.05, 0.1) is 34.6 Å². The molecular weight excluding hydrogens is 460 g/mol. The van der Waals surface area contributed by atoms with E-state index in [-0.39, 0.29) is 16.9 Å². The molecule has 2 heterocycles. The van der Waals surface area contributed by atoms with Gasteiger partial charge in [0.2, 0.25) is 0 Å². The van der Waals surface area contributed by atoms with E-state index in [0.717, 1.165) is 23.1 Å². The molecule has 4 rings (SSSR count). The van der Waals surface area contributed by atoms with Crippen LogP contribution in [0.3, 0.4) is 0 Å². The summed E-state index contributed by atoms with van der Waals surface area (Å²) in [5.41, 5.74) is 2.06. The summed E-state index contributed by atoms with van der Waals surface area (Å²) < 4.78 is 37.6. The number of anilines is 1. The number of sulfone groups is 1. The first-order chi connectivity index (χ1) is 15.7. The molecule has 1 unspecified atom stereocenters. The van der Waals surface area contributed by atoms with E-state index in [0.29, 0.717) is 35.1 Å². The number of hydrogen-bond acceptors (Lipinski definition) is 7. The van der Waals surface area contributed by atoms with Crippen molar-refractivity contribution in [2.24, 2.45) is 0 Å². The van der Waals surface area contributed by atoms with Crippen molar-refractivity contribution in [1.82, 2.24) is 4.98 Å². The fourth-order valence-corrected chi connectivity index (χ4v) is 6.02. The van der Waals surface area contributed by atoms with Crippen molar-refractivity contribution in [1.29, 1.82) is 0 Å². The number of fused-ring (bicyclic) bond motifs is 1. The van der Waals surface area contributed by atoms with Gasteiger partial charge in [-0.25, -0.2) is 13.4 Å². The Hall–Kier alpha value is -2.49. The molecule has 33 heavy (non-hydrogen) atoms. The first-order valence-corrected chi connectivity index (χ1v) is 13.3. The van der Waals surface area contributed by atoms with Crippen LogP contribution in [0.4, 0.5) is 5.13 Å². The van der Waals surface area contributed by atoms with Crippen molar-refractivity contribution >= 4 is 42.4 Å². The summed E-state index contributed by atoms with van der Waals surface area (Å²) in [6.07, 6.45) is 1.71. The number of carbonyl (C=O) groups excluding carboxylic acids is 1. The highest BCUT2D eigenvalue weighted by Crippen LogP contribution is 2.37. The Morgan fingerprint density at radius 1 is 1.30 bits per heavy atom. The molecule has 1 amide bonds. The van der Waals surface area contributed by atoms with Gasteiger partial charge >= 0.3 is 0 Å². The van der Waals surface area contributed by atoms with Crippen LogP contribution in [0.25, 0.3) is 10.2 Å². The molecular formula is C24H28N2O5S2. The van der Waals surface area contributed by atoms with Crippen LogP contribution in [0.2, 0.25) is 0 Å². The average molecular weight is 489 g/mol. The summed E-state index contributed by atoms with van der Waals surface area (Å²) in [7, 11) is -1.91. The molecule has 1 aliphatic rings. The van der Waals surface area contributed by atoms with Crippen LogP contribution in [0.5, 0.6) is 5.75 Å². The number of carbonyl (C=O) groups is 1. The second-order valence-electron chi connectivity index (χ2n) is 8.43. The lowest BCUT2D eigenvalue weighted by atomic mass is 10.2. The number of hydrogen-bond donors (Lipinski definition) is 0. The molecule has 0 radical (unpaired) electrons. The summed E-state index contributed by atoms with van der Waals surface area (Å²) >= 11 is 1.42. The van der Waals surface area contributed by atoms with E-state index < -0.39 is 15.1 Å². The monoisotopic (exact) mass is 488 g/mol. The van der Waals surface area contributed by atoms with Crippen LogP contribution < -0.4 is 9.64 Å². The Labute approximate surface area is 198 Å². The number of nitrogens with zero attached hydrogens (tertiary/aromatic N) is 2. The number of ether oxygens (including phenoxy) is 2. The SMILES string of the molecule is COc1ccc(C)c2sc(N(CC3CCCO3)C(=O)c3cccc(S(=O)(=O)C(C)C)c3)nc12. The lowest BCUT2D eigenvalue weighted by Crippen LogP contribution is -2.37. The third-order valence-corrected chi connectivity index (χ3v) is 9.19. The third kappa shape index (κ3) is 4.62. The standard InChI is InChI=1S/C24H28N2O5S2/c1-15(2)33(28,29)19-9-5-7-17(13-19)23(27)26(14-18-8-6-12-31-18)24-25-21-20(30-4)11-10-16(3)22(21)32-24/h5,7,9-11,13,15,18H,6,8,12,14H2,1-4H3. The van der Waals surface area contributed by atoms with Crippen LogP contribution in [0.1, 0.15) is 42.6 Å².